The van der Waals surface area contributed by atoms with E-state index in [4.69, 9.17) is 0 Å². The van der Waals surface area contributed by atoms with Crippen LogP contribution in [0.15, 0.2) is 115 Å². The Morgan fingerprint density at radius 3 is 1.39 bits per heavy atom. The SMILES string of the molecule is c1ccc(C(c2cccc3c2[se]c2ccccc23)c2cccc3c2[se]c2ccccc23)cc1. The first kappa shape index (κ1) is 19.6. The van der Waals surface area contributed by atoms with Crippen molar-refractivity contribution in [3.8, 4) is 0 Å². The minimum atomic E-state index is 0.253. The molecule has 0 saturated heterocycles. The van der Waals surface area contributed by atoms with Gasteiger partial charge in [0.15, 0.2) is 0 Å². The van der Waals surface area contributed by atoms with E-state index in [1.807, 2.05) is 0 Å². The summed E-state index contributed by atoms with van der Waals surface area (Å²) in [7, 11) is 0. The Morgan fingerprint density at radius 1 is 0.394 bits per heavy atom. The van der Waals surface area contributed by atoms with Crippen LogP contribution in [0.3, 0.4) is 0 Å². The van der Waals surface area contributed by atoms with Crippen LogP contribution in [-0.4, -0.2) is 29.0 Å². The van der Waals surface area contributed by atoms with Crippen molar-refractivity contribution in [2.75, 3.05) is 0 Å². The summed E-state index contributed by atoms with van der Waals surface area (Å²) in [5, 5.41) is 5.72. The quantitative estimate of drug-likeness (QED) is 0.157. The maximum absolute atomic E-state index is 2.39. The van der Waals surface area contributed by atoms with Gasteiger partial charge in [-0.1, -0.05) is 0 Å². The molecule has 0 spiro atoms. The predicted molar refractivity (Wildman–Crippen MR) is 144 cm³/mol. The molecule has 2 heterocycles. The molecule has 2 heteroatoms. The van der Waals surface area contributed by atoms with Crippen LogP contribution in [0, 0.1) is 0 Å². The van der Waals surface area contributed by atoms with Crippen molar-refractivity contribution in [2.24, 2.45) is 0 Å². The van der Waals surface area contributed by atoms with E-state index in [0.29, 0.717) is 29.0 Å². The number of hydrogen-bond donors (Lipinski definition) is 0. The van der Waals surface area contributed by atoms with Gasteiger partial charge in [0.2, 0.25) is 0 Å². The molecule has 7 aromatic rings. The van der Waals surface area contributed by atoms with Gasteiger partial charge in [0.1, 0.15) is 0 Å². The number of fused-ring (bicyclic) bond motifs is 6. The molecule has 0 fully saturated rings. The van der Waals surface area contributed by atoms with Crippen LogP contribution in [0.25, 0.3) is 38.6 Å². The molecule has 0 atom stereocenters. The molecular weight excluding hydrogens is 530 g/mol. The molecule has 0 amide bonds. The van der Waals surface area contributed by atoms with Gasteiger partial charge in [0, 0.05) is 0 Å². The Hall–Kier alpha value is -2.86. The molecular formula is C31H20Se2. The van der Waals surface area contributed by atoms with Crippen LogP contribution >= 0.6 is 0 Å². The summed E-state index contributed by atoms with van der Waals surface area (Å²) in [6.07, 6.45) is 0. The molecule has 7 rings (SSSR count). The molecule has 0 aliphatic rings. The fourth-order valence-electron chi connectivity index (χ4n) is 5.16. The average molecular weight is 550 g/mol. The van der Waals surface area contributed by atoms with Crippen LogP contribution in [0.4, 0.5) is 0 Å². The van der Waals surface area contributed by atoms with Crippen LogP contribution in [0.5, 0.6) is 0 Å². The fourth-order valence-corrected chi connectivity index (χ4v) is 10.4. The monoisotopic (exact) mass is 552 g/mol. The Balaban J connectivity index is 1.58. The third-order valence-corrected chi connectivity index (χ3v) is 11.8. The van der Waals surface area contributed by atoms with Gasteiger partial charge in [0.05, 0.1) is 0 Å². The summed E-state index contributed by atoms with van der Waals surface area (Å²) in [5.41, 5.74) is 4.35. The predicted octanol–water partition coefficient (Wildman–Crippen LogP) is 7.59. The van der Waals surface area contributed by atoms with Crippen LogP contribution in [-0.2, 0) is 0 Å². The fraction of sp³-hybridized carbons (Fsp3) is 0.0323. The first-order valence-corrected chi connectivity index (χ1v) is 14.7. The molecule has 0 N–H and O–H groups in total. The topological polar surface area (TPSA) is 0 Å². The van der Waals surface area contributed by atoms with Gasteiger partial charge in [-0.15, -0.1) is 0 Å². The van der Waals surface area contributed by atoms with Crippen LogP contribution in [0.1, 0.15) is 22.6 Å². The number of rotatable bonds is 3. The van der Waals surface area contributed by atoms with Gasteiger partial charge in [0.25, 0.3) is 0 Å². The molecule has 5 aromatic carbocycles. The van der Waals surface area contributed by atoms with Crippen molar-refractivity contribution in [2.45, 2.75) is 5.92 Å². The van der Waals surface area contributed by atoms with Gasteiger partial charge < -0.3 is 0 Å². The van der Waals surface area contributed by atoms with Crippen molar-refractivity contribution >= 4 is 67.6 Å². The van der Waals surface area contributed by atoms with E-state index in [9.17, 15) is 0 Å². The van der Waals surface area contributed by atoms with Crippen molar-refractivity contribution in [1.82, 2.24) is 0 Å². The first-order valence-electron chi connectivity index (χ1n) is 11.2. The maximum atomic E-state index is 2.39. The van der Waals surface area contributed by atoms with Crippen molar-refractivity contribution < 1.29 is 0 Å². The van der Waals surface area contributed by atoms with E-state index >= 15 is 0 Å². The van der Waals surface area contributed by atoms with Gasteiger partial charge >= 0.3 is 205 Å². The molecule has 33 heavy (non-hydrogen) atoms. The summed E-state index contributed by atoms with van der Waals surface area (Å²) in [6, 6.07) is 43.0. The molecule has 0 aliphatic carbocycles. The zero-order chi connectivity index (χ0) is 21.8. The van der Waals surface area contributed by atoms with E-state index in [1.54, 1.807) is 8.52 Å². The summed E-state index contributed by atoms with van der Waals surface area (Å²) >= 11 is 0.670. The normalized spacial score (nSPS) is 11.9. The van der Waals surface area contributed by atoms with E-state index in [-0.39, 0.29) is 5.92 Å². The minimum absolute atomic E-state index is 0.253. The Labute approximate surface area is 204 Å². The second-order valence-corrected chi connectivity index (χ2v) is 12.9. The van der Waals surface area contributed by atoms with Crippen molar-refractivity contribution in [1.29, 1.82) is 0 Å². The molecule has 0 unspecified atom stereocenters. The van der Waals surface area contributed by atoms with E-state index < -0.39 is 0 Å². The van der Waals surface area contributed by atoms with Gasteiger partial charge in [-0.25, -0.2) is 0 Å². The van der Waals surface area contributed by atoms with Crippen molar-refractivity contribution in [3.63, 3.8) is 0 Å². The Bertz CT molecular complexity index is 1660. The molecule has 0 nitrogen and oxygen atoms in total. The number of benzene rings is 5. The summed E-state index contributed by atoms with van der Waals surface area (Å²) < 4.78 is 6.13. The van der Waals surface area contributed by atoms with Crippen LogP contribution in [0.2, 0.25) is 0 Å². The van der Waals surface area contributed by atoms with E-state index in [1.165, 1.54) is 46.8 Å². The van der Waals surface area contributed by atoms with Gasteiger partial charge in [-0.05, 0) is 0 Å². The number of hydrogen-bond acceptors (Lipinski definition) is 0. The first-order chi connectivity index (χ1) is 16.4. The molecule has 0 radical (unpaired) electrons. The Morgan fingerprint density at radius 2 is 0.848 bits per heavy atom. The summed E-state index contributed by atoms with van der Waals surface area (Å²) in [4.78, 5) is 0. The molecule has 156 valence electrons. The average Bonchev–Trinajstić information content (AvgIpc) is 3.44. The molecule has 0 saturated carbocycles. The molecule has 0 aliphatic heterocycles. The summed E-state index contributed by atoms with van der Waals surface area (Å²) in [5.74, 6) is 0.253. The second kappa shape index (κ2) is 7.87. The Kier molecular flexibility index (Phi) is 4.67. The third-order valence-electron chi connectivity index (χ3n) is 6.62. The zero-order valence-electron chi connectivity index (χ0n) is 17.9. The van der Waals surface area contributed by atoms with Crippen LogP contribution < -0.4 is 0 Å². The van der Waals surface area contributed by atoms with Crippen molar-refractivity contribution in [3.05, 3.63) is 132 Å². The zero-order valence-corrected chi connectivity index (χ0v) is 21.3. The molecule has 0 bridgehead atoms. The van der Waals surface area contributed by atoms with Gasteiger partial charge in [-0.2, -0.15) is 0 Å². The van der Waals surface area contributed by atoms with E-state index in [0.717, 1.165) is 0 Å². The third kappa shape index (κ3) is 3.10. The second-order valence-electron chi connectivity index (χ2n) is 8.49. The van der Waals surface area contributed by atoms with Gasteiger partial charge in [-0.3, -0.25) is 0 Å². The summed E-state index contributed by atoms with van der Waals surface area (Å²) in [6.45, 7) is 0. The van der Waals surface area contributed by atoms with E-state index in [2.05, 4.69) is 115 Å². The standard InChI is InChI=1S/C31H20Se2/c1-2-10-20(11-3-1)29(25-16-8-14-23-21-12-4-6-18-27(21)32-30(23)25)26-17-9-15-24-22-13-5-7-19-28(22)33-31(24)26/h1-19,29H. The molecule has 2 aromatic heterocycles.